The Morgan fingerprint density at radius 1 is 0.658 bits per heavy atom. The maximum Gasteiger partial charge on any atom is 0.410 e. The van der Waals surface area contributed by atoms with Crippen LogP contribution in [-0.2, 0) is 42.8 Å². The molecule has 0 saturated carbocycles. The Labute approximate surface area is 458 Å². The highest BCUT2D eigenvalue weighted by atomic mass is 16.6. The van der Waals surface area contributed by atoms with E-state index in [4.69, 9.17) is 18.6 Å². The second-order valence-corrected chi connectivity index (χ2v) is 23.0. The van der Waals surface area contributed by atoms with Gasteiger partial charge < -0.3 is 34.4 Å². The van der Waals surface area contributed by atoms with Gasteiger partial charge in [-0.2, -0.15) is 10.2 Å². The van der Waals surface area contributed by atoms with Gasteiger partial charge in [0, 0.05) is 93.3 Å². The summed E-state index contributed by atoms with van der Waals surface area (Å²) >= 11 is 0. The number of ketones is 2. The lowest BCUT2D eigenvalue weighted by molar-refractivity contribution is 0.0234. The van der Waals surface area contributed by atoms with Crippen molar-refractivity contribution >= 4 is 40.9 Å². The molecule has 22 nitrogen and oxygen atoms in total. The molecule has 2 atom stereocenters. The molecule has 0 fully saturated rings. The lowest BCUT2D eigenvalue weighted by atomic mass is 9.87. The fourth-order valence-corrected chi connectivity index (χ4v) is 9.22. The zero-order valence-corrected chi connectivity index (χ0v) is 46.7. The molecule has 0 saturated heterocycles. The van der Waals surface area contributed by atoms with Gasteiger partial charge in [-0.1, -0.05) is 65.8 Å². The molecule has 22 heteroatoms. The van der Waals surface area contributed by atoms with Crippen LogP contribution in [0.5, 0.6) is 0 Å². The van der Waals surface area contributed by atoms with Crippen molar-refractivity contribution in [2.45, 2.75) is 129 Å². The number of fused-ring (bicyclic) bond motifs is 2. The van der Waals surface area contributed by atoms with Crippen molar-refractivity contribution in [3.05, 3.63) is 132 Å². The van der Waals surface area contributed by atoms with Crippen LogP contribution >= 0.6 is 0 Å². The number of nitrogens with zero attached hydrogens (tertiary/aromatic N) is 13. The number of carbonyl (C=O) groups excluding carboxylic acids is 3. The fourth-order valence-electron chi connectivity index (χ4n) is 9.22. The first-order valence-electron chi connectivity index (χ1n) is 26.4. The molecule has 0 aliphatic carbocycles. The van der Waals surface area contributed by atoms with Crippen LogP contribution in [0.15, 0.2) is 94.5 Å². The van der Waals surface area contributed by atoms with Crippen LogP contribution < -0.4 is 16.0 Å². The number of amides is 1. The quantitative estimate of drug-likeness (QED) is 0.0960. The van der Waals surface area contributed by atoms with Crippen molar-refractivity contribution in [3.8, 4) is 22.5 Å². The lowest BCUT2D eigenvalue weighted by Gasteiger charge is -2.26. The third-order valence-electron chi connectivity index (χ3n) is 13.2. The van der Waals surface area contributed by atoms with E-state index in [0.717, 1.165) is 70.0 Å². The van der Waals surface area contributed by atoms with Crippen LogP contribution in [0.3, 0.4) is 0 Å². The molecule has 0 radical (unpaired) electrons. The number of rotatable bonds is 12. The second-order valence-electron chi connectivity index (χ2n) is 23.0. The van der Waals surface area contributed by atoms with Gasteiger partial charge in [0.15, 0.2) is 0 Å². The second kappa shape index (κ2) is 22.8. The van der Waals surface area contributed by atoms with E-state index in [0.29, 0.717) is 55.3 Å². The molecule has 6 aromatic heterocycles. The van der Waals surface area contributed by atoms with E-state index in [1.54, 1.807) is 39.1 Å². The summed E-state index contributed by atoms with van der Waals surface area (Å²) in [4.78, 5) is 59.3. The topological polar surface area (TPSA) is 265 Å². The van der Waals surface area contributed by atoms with E-state index in [1.807, 2.05) is 119 Å². The molecule has 0 spiro atoms. The molecule has 0 bridgehead atoms. The van der Waals surface area contributed by atoms with Gasteiger partial charge in [-0.15, -0.1) is 20.4 Å². The maximum atomic E-state index is 13.3. The highest BCUT2D eigenvalue weighted by Crippen LogP contribution is 2.37. The van der Waals surface area contributed by atoms with Crippen LogP contribution in [0.1, 0.15) is 155 Å². The van der Waals surface area contributed by atoms with Crippen molar-refractivity contribution in [2.75, 3.05) is 23.7 Å². The van der Waals surface area contributed by atoms with E-state index >= 15 is 0 Å². The summed E-state index contributed by atoms with van der Waals surface area (Å²) in [5.41, 5.74) is 7.91. The normalized spacial score (nSPS) is 15.7. The number of Topliss-reactive ketones (excluding diaryl/α,β-unsaturated/α-hetero) is 2. The van der Waals surface area contributed by atoms with Gasteiger partial charge in [-0.3, -0.25) is 19.0 Å². The molecule has 1 amide bonds. The number of ether oxygens (including phenoxy) is 1. The molecule has 0 unspecified atom stereocenters. The molecule has 8 aromatic rings. The minimum Gasteiger partial charge on any atom is -0.444 e. The zero-order valence-electron chi connectivity index (χ0n) is 46.7. The van der Waals surface area contributed by atoms with Crippen molar-refractivity contribution in [2.24, 2.45) is 14.1 Å². The maximum absolute atomic E-state index is 13.3. The minimum absolute atomic E-state index is 0.00553. The Morgan fingerprint density at radius 3 is 1.62 bits per heavy atom. The van der Waals surface area contributed by atoms with Crippen molar-refractivity contribution in [1.82, 2.24) is 70.1 Å². The molecule has 412 valence electrons. The largest absolute Gasteiger partial charge is 0.444 e. The SMILES string of the molecule is Cn1cc(Nc2nccc(-c3ccc4c(c3)CN(C(=O)OC(C)(C)C)CC[C@H]4CC(=O)c3nnc(C(C)(C)C)o3)n2)cn1.Cn1cc(Nc2nccc(-c3ccc4c(c3)CNCC[C@H]4CC(=O)c3nnc(C(C)(C)C)o3)n2)cn1. The summed E-state index contributed by atoms with van der Waals surface area (Å²) in [5.74, 6) is 1.48. The molecular weight excluding hydrogens is 1000 g/mol. The number of hydrogen-bond acceptors (Lipinski definition) is 19. The third-order valence-corrected chi connectivity index (χ3v) is 13.2. The average molecular weight is 1070 g/mol. The number of carbonyl (C=O) groups is 3. The molecule has 2 aliphatic heterocycles. The van der Waals surface area contributed by atoms with E-state index in [1.165, 1.54) is 0 Å². The summed E-state index contributed by atoms with van der Waals surface area (Å²) in [7, 11) is 3.70. The number of benzene rings is 2. The third kappa shape index (κ3) is 14.0. The summed E-state index contributed by atoms with van der Waals surface area (Å²) in [6.07, 6.45) is 12.1. The predicted molar refractivity (Wildman–Crippen MR) is 295 cm³/mol. The average Bonchev–Trinajstić information content (AvgIpc) is 4.29. The Kier molecular flexibility index (Phi) is 16.0. The van der Waals surface area contributed by atoms with Crippen molar-refractivity contribution in [3.63, 3.8) is 0 Å². The van der Waals surface area contributed by atoms with E-state index in [9.17, 15) is 14.4 Å². The number of hydrogen-bond donors (Lipinski definition) is 3. The Morgan fingerprint density at radius 2 is 1.15 bits per heavy atom. The van der Waals surface area contributed by atoms with Gasteiger partial charge in [-0.25, -0.2) is 24.7 Å². The molecule has 8 heterocycles. The van der Waals surface area contributed by atoms with Crippen LogP contribution in [-0.4, -0.2) is 101 Å². The van der Waals surface area contributed by atoms with Crippen molar-refractivity contribution in [1.29, 1.82) is 0 Å². The Hall–Kier alpha value is -8.53. The van der Waals surface area contributed by atoms with Gasteiger partial charge in [-0.05, 0) is 98.5 Å². The monoisotopic (exact) mass is 1070 g/mol. The van der Waals surface area contributed by atoms with Gasteiger partial charge in [0.1, 0.15) is 5.60 Å². The molecule has 3 N–H and O–H groups in total. The van der Waals surface area contributed by atoms with Gasteiger partial charge in [0.05, 0.1) is 35.2 Å². The summed E-state index contributed by atoms with van der Waals surface area (Å²) in [6.45, 7) is 19.7. The van der Waals surface area contributed by atoms with Crippen LogP contribution in [0, 0.1) is 0 Å². The number of nitrogens with one attached hydrogen (secondary N) is 3. The summed E-state index contributed by atoms with van der Waals surface area (Å²) in [6, 6.07) is 16.1. The van der Waals surface area contributed by atoms with E-state index in [-0.39, 0.29) is 52.4 Å². The Balaban J connectivity index is 0.000000195. The minimum atomic E-state index is -0.634. The first-order chi connectivity index (χ1) is 37.5. The van der Waals surface area contributed by atoms with Crippen LogP contribution in [0.2, 0.25) is 0 Å². The molecule has 2 aliphatic rings. The molecule has 79 heavy (non-hydrogen) atoms. The molecule has 2 aromatic carbocycles. The summed E-state index contributed by atoms with van der Waals surface area (Å²) < 4.78 is 20.5. The molecular formula is C57H68N16O6. The zero-order chi connectivity index (χ0) is 56.2. The highest BCUT2D eigenvalue weighted by Gasteiger charge is 2.33. The van der Waals surface area contributed by atoms with Gasteiger partial charge in [0.25, 0.3) is 11.8 Å². The first kappa shape index (κ1) is 55.2. The van der Waals surface area contributed by atoms with Crippen LogP contribution in [0.25, 0.3) is 22.5 Å². The smallest absolute Gasteiger partial charge is 0.410 e. The summed E-state index contributed by atoms with van der Waals surface area (Å²) in [5, 5.41) is 34.4. The number of anilines is 4. The Bertz CT molecular complexity index is 3470. The standard InChI is InChI=1S/C31H38N8O4.C26H30N8O2/c1-30(2,3)27-37-36-26(42-27)25(40)15-19-11-13-39(29(41)43-31(4,5)6)17-21-14-20(8-9-23(19)21)24-10-12-32-28(35-24)34-22-16-33-38(7)18-22;1-26(2,3)24-33-32-23(36-24)22(35)12-16-7-9-27-13-18-11-17(5-6-20(16)18)21-8-10-28-25(31-21)30-19-14-29-34(4)15-19/h8-10,12,14,16,18-19H,11,13,15,17H2,1-7H3,(H,32,34,35);5-6,8,10-11,14-16,27H,7,9,12-13H2,1-4H3,(H,28,30,31)/t19-;16-/m00/s1. The van der Waals surface area contributed by atoms with E-state index in [2.05, 4.69) is 79.7 Å². The van der Waals surface area contributed by atoms with Gasteiger partial charge >= 0.3 is 6.09 Å². The highest BCUT2D eigenvalue weighted by molar-refractivity contribution is 5.92. The predicted octanol–water partition coefficient (Wildman–Crippen LogP) is 9.95. The van der Waals surface area contributed by atoms with Gasteiger partial charge in [0.2, 0.25) is 35.2 Å². The van der Waals surface area contributed by atoms with Crippen LogP contribution in [0.4, 0.5) is 28.1 Å². The first-order valence-corrected chi connectivity index (χ1v) is 26.4. The number of aryl methyl sites for hydroxylation is 2. The molecule has 10 rings (SSSR count). The fraction of sp³-hybridized carbons (Fsp3) is 0.421. The number of aromatic nitrogens is 12. The van der Waals surface area contributed by atoms with Crippen molar-refractivity contribution < 1.29 is 28.0 Å². The lowest BCUT2D eigenvalue weighted by Crippen LogP contribution is -2.36. The van der Waals surface area contributed by atoms with E-state index < -0.39 is 11.7 Å².